The van der Waals surface area contributed by atoms with Crippen molar-refractivity contribution >= 4 is 17.7 Å². The molecule has 24 heavy (non-hydrogen) atoms. The molecule has 2 rings (SSSR count). The van der Waals surface area contributed by atoms with E-state index in [0.717, 1.165) is 24.2 Å². The van der Waals surface area contributed by atoms with E-state index in [4.69, 9.17) is 5.73 Å². The molecule has 0 saturated carbocycles. The second kappa shape index (κ2) is 8.59. The lowest BCUT2D eigenvalue weighted by Crippen LogP contribution is -2.50. The van der Waals surface area contributed by atoms with Crippen molar-refractivity contribution in [2.45, 2.75) is 26.2 Å². The molecule has 0 radical (unpaired) electrons. The van der Waals surface area contributed by atoms with Gasteiger partial charge in [0.25, 0.3) is 0 Å². The van der Waals surface area contributed by atoms with Gasteiger partial charge in [0.15, 0.2) is 0 Å². The average Bonchev–Trinajstić information content (AvgIpc) is 2.60. The number of amides is 3. The molecule has 2 N–H and O–H groups in total. The van der Waals surface area contributed by atoms with Crippen LogP contribution in [0.15, 0.2) is 30.3 Å². The molecule has 0 bridgehead atoms. The largest absolute Gasteiger partial charge is 0.334 e. The van der Waals surface area contributed by atoms with Gasteiger partial charge in [0.05, 0.1) is 0 Å². The van der Waals surface area contributed by atoms with E-state index in [1.807, 2.05) is 18.2 Å². The Morgan fingerprint density at radius 3 is 2.33 bits per heavy atom. The molecule has 1 fully saturated rings. The van der Waals surface area contributed by atoms with Crippen LogP contribution in [0.1, 0.15) is 25.3 Å². The summed E-state index contributed by atoms with van der Waals surface area (Å²) >= 11 is 0. The van der Waals surface area contributed by atoms with Crippen molar-refractivity contribution in [2.24, 2.45) is 11.7 Å². The second-order valence-electron chi connectivity index (χ2n) is 6.19. The summed E-state index contributed by atoms with van der Waals surface area (Å²) in [4.78, 5) is 38.5. The fraction of sp³-hybridized carbons (Fsp3) is 0.500. The van der Waals surface area contributed by atoms with Gasteiger partial charge in [-0.2, -0.15) is 0 Å². The molecule has 6 nitrogen and oxygen atoms in total. The smallest absolute Gasteiger partial charge is 0.318 e. The van der Waals surface area contributed by atoms with Gasteiger partial charge in [-0.25, -0.2) is 0 Å². The normalized spacial score (nSPS) is 15.2. The molecule has 1 saturated heterocycles. The van der Waals surface area contributed by atoms with Crippen molar-refractivity contribution in [3.05, 3.63) is 35.9 Å². The molecule has 0 spiro atoms. The molecule has 3 amide bonds. The Morgan fingerprint density at radius 2 is 1.79 bits per heavy atom. The van der Waals surface area contributed by atoms with Crippen LogP contribution in [0.25, 0.3) is 0 Å². The highest BCUT2D eigenvalue weighted by molar-refractivity contribution is 6.37. The van der Waals surface area contributed by atoms with Crippen LogP contribution in [0.3, 0.4) is 0 Å². The van der Waals surface area contributed by atoms with Gasteiger partial charge >= 0.3 is 11.8 Å². The number of nitrogens with two attached hydrogens (primary N) is 1. The van der Waals surface area contributed by atoms with E-state index >= 15 is 0 Å². The summed E-state index contributed by atoms with van der Waals surface area (Å²) in [7, 11) is 0. The summed E-state index contributed by atoms with van der Waals surface area (Å²) in [6.07, 6.45) is 2.72. The predicted molar refractivity (Wildman–Crippen MR) is 90.9 cm³/mol. The van der Waals surface area contributed by atoms with Gasteiger partial charge < -0.3 is 10.6 Å². The molecule has 6 heteroatoms. The van der Waals surface area contributed by atoms with Crippen LogP contribution in [0.2, 0.25) is 0 Å². The molecule has 0 aromatic heterocycles. The standard InChI is InChI=1S/C18H25N3O3/c1-14(22)21(12-9-19)18(24)17(23)20-10-7-16(8-11-20)13-15-5-3-2-4-6-15/h2-6,16H,7-13,19H2,1H3. The van der Waals surface area contributed by atoms with E-state index < -0.39 is 17.7 Å². The van der Waals surface area contributed by atoms with Gasteiger partial charge in [-0.3, -0.25) is 19.3 Å². The van der Waals surface area contributed by atoms with Crippen molar-refractivity contribution in [3.63, 3.8) is 0 Å². The zero-order chi connectivity index (χ0) is 17.5. The first-order chi connectivity index (χ1) is 11.5. The third-order valence-corrected chi connectivity index (χ3v) is 4.43. The Kier molecular flexibility index (Phi) is 6.49. The molecule has 1 heterocycles. The Balaban J connectivity index is 1.88. The van der Waals surface area contributed by atoms with Crippen molar-refractivity contribution in [1.29, 1.82) is 0 Å². The maximum atomic E-state index is 12.3. The molecule has 1 aliphatic heterocycles. The fourth-order valence-electron chi connectivity index (χ4n) is 3.07. The number of hydrogen-bond donors (Lipinski definition) is 1. The van der Waals surface area contributed by atoms with Crippen LogP contribution in [0, 0.1) is 5.92 Å². The molecule has 0 atom stereocenters. The highest BCUT2D eigenvalue weighted by atomic mass is 16.2. The van der Waals surface area contributed by atoms with Crippen LogP contribution < -0.4 is 5.73 Å². The SMILES string of the molecule is CC(=O)N(CCN)C(=O)C(=O)N1CCC(Cc2ccccc2)CC1. The number of nitrogens with zero attached hydrogens (tertiary/aromatic N) is 2. The molecule has 0 unspecified atom stereocenters. The Labute approximate surface area is 142 Å². The average molecular weight is 331 g/mol. The zero-order valence-electron chi connectivity index (χ0n) is 14.1. The van der Waals surface area contributed by atoms with Crippen molar-refractivity contribution in [3.8, 4) is 0 Å². The molecule has 0 aliphatic carbocycles. The molecule has 1 aromatic rings. The monoisotopic (exact) mass is 331 g/mol. The number of benzene rings is 1. The van der Waals surface area contributed by atoms with E-state index in [2.05, 4.69) is 12.1 Å². The highest BCUT2D eigenvalue weighted by Crippen LogP contribution is 2.22. The van der Waals surface area contributed by atoms with Gasteiger partial charge in [-0.15, -0.1) is 0 Å². The number of imide groups is 1. The predicted octanol–water partition coefficient (Wildman–Crippen LogP) is 0.801. The fourth-order valence-corrected chi connectivity index (χ4v) is 3.07. The van der Waals surface area contributed by atoms with E-state index in [1.165, 1.54) is 12.5 Å². The molecule has 130 valence electrons. The van der Waals surface area contributed by atoms with Crippen molar-refractivity contribution < 1.29 is 14.4 Å². The summed E-state index contributed by atoms with van der Waals surface area (Å²) in [5.41, 5.74) is 6.70. The summed E-state index contributed by atoms with van der Waals surface area (Å²) in [5.74, 6) is -1.30. The van der Waals surface area contributed by atoms with Crippen LogP contribution in [-0.2, 0) is 20.8 Å². The van der Waals surface area contributed by atoms with Crippen molar-refractivity contribution in [1.82, 2.24) is 9.80 Å². The van der Waals surface area contributed by atoms with Gasteiger partial charge in [0.1, 0.15) is 0 Å². The van der Waals surface area contributed by atoms with Gasteiger partial charge in [-0.1, -0.05) is 30.3 Å². The minimum atomic E-state index is -0.769. The number of carbonyl (C=O) groups excluding carboxylic acids is 3. The minimum Gasteiger partial charge on any atom is -0.334 e. The maximum absolute atomic E-state index is 12.3. The Bertz CT molecular complexity index is 580. The van der Waals surface area contributed by atoms with Crippen LogP contribution in [0.4, 0.5) is 0 Å². The lowest BCUT2D eigenvalue weighted by atomic mass is 9.90. The summed E-state index contributed by atoms with van der Waals surface area (Å²) in [6.45, 7) is 2.60. The summed E-state index contributed by atoms with van der Waals surface area (Å²) < 4.78 is 0. The lowest BCUT2D eigenvalue weighted by molar-refractivity contribution is -0.156. The van der Waals surface area contributed by atoms with Crippen LogP contribution >= 0.6 is 0 Å². The first kappa shape index (κ1) is 18.1. The number of hydrogen-bond acceptors (Lipinski definition) is 4. The summed E-state index contributed by atoms with van der Waals surface area (Å²) in [5, 5.41) is 0. The van der Waals surface area contributed by atoms with E-state index in [9.17, 15) is 14.4 Å². The molecular weight excluding hydrogens is 306 g/mol. The van der Waals surface area contributed by atoms with E-state index in [0.29, 0.717) is 19.0 Å². The summed E-state index contributed by atoms with van der Waals surface area (Å²) in [6, 6.07) is 10.3. The Morgan fingerprint density at radius 1 is 1.17 bits per heavy atom. The third-order valence-electron chi connectivity index (χ3n) is 4.43. The molecular formula is C18H25N3O3. The van der Waals surface area contributed by atoms with Gasteiger partial charge in [0.2, 0.25) is 5.91 Å². The zero-order valence-corrected chi connectivity index (χ0v) is 14.1. The Hall–Kier alpha value is -2.21. The number of likely N-dealkylation sites (tertiary alicyclic amines) is 1. The molecule has 1 aromatic carbocycles. The number of piperidine rings is 1. The number of rotatable bonds is 4. The van der Waals surface area contributed by atoms with Crippen LogP contribution in [0.5, 0.6) is 0 Å². The maximum Gasteiger partial charge on any atom is 0.318 e. The van der Waals surface area contributed by atoms with Crippen molar-refractivity contribution in [2.75, 3.05) is 26.2 Å². The van der Waals surface area contributed by atoms with Crippen LogP contribution in [-0.4, -0.2) is 53.7 Å². The first-order valence-electron chi connectivity index (χ1n) is 8.38. The van der Waals surface area contributed by atoms with E-state index in [1.54, 1.807) is 4.90 Å². The topological polar surface area (TPSA) is 83.7 Å². The van der Waals surface area contributed by atoms with Gasteiger partial charge in [0, 0.05) is 33.1 Å². The first-order valence-corrected chi connectivity index (χ1v) is 8.38. The molecule has 1 aliphatic rings. The lowest BCUT2D eigenvalue weighted by Gasteiger charge is -2.32. The van der Waals surface area contributed by atoms with Gasteiger partial charge in [-0.05, 0) is 30.7 Å². The second-order valence-corrected chi connectivity index (χ2v) is 6.19. The number of carbonyl (C=O) groups is 3. The quantitative estimate of drug-likeness (QED) is 0.827. The van der Waals surface area contributed by atoms with E-state index in [-0.39, 0.29) is 13.1 Å². The highest BCUT2D eigenvalue weighted by Gasteiger charge is 2.31. The minimum absolute atomic E-state index is 0.0738. The third kappa shape index (κ3) is 4.64.